The molecule has 3 rings (SSSR count). The SMILES string of the molecule is CC(=O)Nc1cccc(C(=O)NCc2ccccc2COCc2ccccc2)c1. The van der Waals surface area contributed by atoms with Crippen molar-refractivity contribution in [1.82, 2.24) is 5.32 Å². The Morgan fingerprint density at radius 3 is 2.31 bits per heavy atom. The van der Waals surface area contributed by atoms with Crippen LogP contribution in [0.2, 0.25) is 0 Å². The molecule has 3 aromatic rings. The summed E-state index contributed by atoms with van der Waals surface area (Å²) in [5, 5.41) is 5.62. The predicted molar refractivity (Wildman–Crippen MR) is 113 cm³/mol. The molecule has 0 unspecified atom stereocenters. The number of anilines is 1. The number of amides is 2. The Bertz CT molecular complexity index is 971. The topological polar surface area (TPSA) is 67.4 Å². The summed E-state index contributed by atoms with van der Waals surface area (Å²) in [5.74, 6) is -0.371. The Labute approximate surface area is 170 Å². The van der Waals surface area contributed by atoms with Gasteiger partial charge in [-0.2, -0.15) is 0 Å². The highest BCUT2D eigenvalue weighted by Crippen LogP contribution is 2.14. The Balaban J connectivity index is 1.58. The van der Waals surface area contributed by atoms with Crippen molar-refractivity contribution in [2.75, 3.05) is 5.32 Å². The van der Waals surface area contributed by atoms with Crippen LogP contribution in [0.15, 0.2) is 78.9 Å². The van der Waals surface area contributed by atoms with Gasteiger partial charge in [-0.1, -0.05) is 60.7 Å². The smallest absolute Gasteiger partial charge is 0.251 e. The number of benzene rings is 3. The van der Waals surface area contributed by atoms with E-state index in [9.17, 15) is 9.59 Å². The van der Waals surface area contributed by atoms with Gasteiger partial charge >= 0.3 is 0 Å². The zero-order chi connectivity index (χ0) is 20.5. The van der Waals surface area contributed by atoms with Gasteiger partial charge in [0, 0.05) is 24.7 Å². The van der Waals surface area contributed by atoms with Gasteiger partial charge in [0.2, 0.25) is 5.91 Å². The molecule has 2 amide bonds. The van der Waals surface area contributed by atoms with Gasteiger partial charge in [0.25, 0.3) is 5.91 Å². The van der Waals surface area contributed by atoms with Crippen LogP contribution in [0.4, 0.5) is 5.69 Å². The average molecular weight is 388 g/mol. The Morgan fingerprint density at radius 1 is 0.828 bits per heavy atom. The van der Waals surface area contributed by atoms with Crippen LogP contribution in [0.1, 0.15) is 34.0 Å². The molecule has 0 radical (unpaired) electrons. The van der Waals surface area contributed by atoms with Crippen molar-refractivity contribution >= 4 is 17.5 Å². The molecule has 0 aliphatic heterocycles. The fraction of sp³-hybridized carbons (Fsp3) is 0.167. The van der Waals surface area contributed by atoms with Gasteiger partial charge in [0.15, 0.2) is 0 Å². The number of nitrogens with one attached hydrogen (secondary N) is 2. The van der Waals surface area contributed by atoms with Gasteiger partial charge in [-0.3, -0.25) is 9.59 Å². The van der Waals surface area contributed by atoms with Crippen molar-refractivity contribution < 1.29 is 14.3 Å². The third-order valence-electron chi connectivity index (χ3n) is 4.37. The molecule has 0 aliphatic rings. The molecule has 0 saturated carbocycles. The third-order valence-corrected chi connectivity index (χ3v) is 4.37. The maximum Gasteiger partial charge on any atom is 0.251 e. The van der Waals surface area contributed by atoms with E-state index < -0.39 is 0 Å². The van der Waals surface area contributed by atoms with Gasteiger partial charge < -0.3 is 15.4 Å². The van der Waals surface area contributed by atoms with E-state index in [1.54, 1.807) is 24.3 Å². The van der Waals surface area contributed by atoms with Gasteiger partial charge in [0.05, 0.1) is 13.2 Å². The van der Waals surface area contributed by atoms with E-state index in [4.69, 9.17) is 4.74 Å². The van der Waals surface area contributed by atoms with E-state index in [-0.39, 0.29) is 11.8 Å². The average Bonchev–Trinajstić information content (AvgIpc) is 2.73. The van der Waals surface area contributed by atoms with Crippen molar-refractivity contribution in [1.29, 1.82) is 0 Å². The zero-order valence-electron chi connectivity index (χ0n) is 16.4. The number of rotatable bonds is 8. The number of ether oxygens (including phenoxy) is 1. The number of carbonyl (C=O) groups excluding carboxylic acids is 2. The molecule has 3 aromatic carbocycles. The molecule has 0 aliphatic carbocycles. The maximum atomic E-state index is 12.5. The quantitative estimate of drug-likeness (QED) is 0.605. The second-order valence-corrected chi connectivity index (χ2v) is 6.69. The van der Waals surface area contributed by atoms with Gasteiger partial charge in [-0.25, -0.2) is 0 Å². The number of hydrogen-bond donors (Lipinski definition) is 2. The minimum Gasteiger partial charge on any atom is -0.372 e. The Kier molecular flexibility index (Phi) is 7.14. The highest BCUT2D eigenvalue weighted by Gasteiger charge is 2.09. The molecule has 0 saturated heterocycles. The van der Waals surface area contributed by atoms with Crippen molar-refractivity contribution in [2.45, 2.75) is 26.7 Å². The van der Waals surface area contributed by atoms with Crippen LogP contribution >= 0.6 is 0 Å². The molecule has 5 nitrogen and oxygen atoms in total. The first-order chi connectivity index (χ1) is 14.1. The lowest BCUT2D eigenvalue weighted by Gasteiger charge is -2.12. The molecule has 29 heavy (non-hydrogen) atoms. The van der Waals surface area contributed by atoms with Crippen LogP contribution in [0.5, 0.6) is 0 Å². The van der Waals surface area contributed by atoms with Crippen LogP contribution in [0, 0.1) is 0 Å². The molecular formula is C24H24N2O3. The van der Waals surface area contributed by atoms with Crippen LogP contribution < -0.4 is 10.6 Å². The summed E-state index contributed by atoms with van der Waals surface area (Å²) in [6.07, 6.45) is 0. The third kappa shape index (κ3) is 6.30. The van der Waals surface area contributed by atoms with Crippen LogP contribution in [-0.4, -0.2) is 11.8 Å². The lowest BCUT2D eigenvalue weighted by molar-refractivity contribution is -0.114. The highest BCUT2D eigenvalue weighted by molar-refractivity contribution is 5.96. The highest BCUT2D eigenvalue weighted by atomic mass is 16.5. The zero-order valence-corrected chi connectivity index (χ0v) is 16.4. The van der Waals surface area contributed by atoms with Crippen LogP contribution in [-0.2, 0) is 29.3 Å². The molecule has 0 atom stereocenters. The summed E-state index contributed by atoms with van der Waals surface area (Å²) in [7, 11) is 0. The maximum absolute atomic E-state index is 12.5. The monoisotopic (exact) mass is 388 g/mol. The first-order valence-electron chi connectivity index (χ1n) is 9.46. The normalized spacial score (nSPS) is 10.4. The molecular weight excluding hydrogens is 364 g/mol. The Hall–Kier alpha value is -3.44. The van der Waals surface area contributed by atoms with E-state index in [0.717, 1.165) is 16.7 Å². The molecule has 0 aromatic heterocycles. The lowest BCUT2D eigenvalue weighted by atomic mass is 10.1. The fourth-order valence-corrected chi connectivity index (χ4v) is 2.94. The van der Waals surface area contributed by atoms with Crippen LogP contribution in [0.3, 0.4) is 0 Å². The van der Waals surface area contributed by atoms with E-state index >= 15 is 0 Å². The van der Waals surface area contributed by atoms with Crippen LogP contribution in [0.25, 0.3) is 0 Å². The molecule has 148 valence electrons. The summed E-state index contributed by atoms with van der Waals surface area (Å²) in [6, 6.07) is 24.8. The fourth-order valence-electron chi connectivity index (χ4n) is 2.94. The van der Waals surface area contributed by atoms with Gasteiger partial charge in [-0.05, 0) is 34.9 Å². The first kappa shape index (κ1) is 20.3. The van der Waals surface area contributed by atoms with E-state index in [2.05, 4.69) is 10.6 Å². The van der Waals surface area contributed by atoms with Gasteiger partial charge in [-0.15, -0.1) is 0 Å². The molecule has 0 spiro atoms. The molecule has 5 heteroatoms. The summed E-state index contributed by atoms with van der Waals surface area (Å²) >= 11 is 0. The number of hydrogen-bond acceptors (Lipinski definition) is 3. The van der Waals surface area contributed by atoms with Gasteiger partial charge in [0.1, 0.15) is 0 Å². The minimum atomic E-state index is -0.197. The van der Waals surface area contributed by atoms with Crippen molar-refractivity contribution in [2.24, 2.45) is 0 Å². The van der Waals surface area contributed by atoms with Crippen molar-refractivity contribution in [3.05, 3.63) is 101 Å². The summed E-state index contributed by atoms with van der Waals surface area (Å²) in [6.45, 7) is 2.84. The largest absolute Gasteiger partial charge is 0.372 e. The molecule has 0 heterocycles. The molecule has 2 N–H and O–H groups in total. The van der Waals surface area contributed by atoms with E-state index in [1.807, 2.05) is 54.6 Å². The first-order valence-corrected chi connectivity index (χ1v) is 9.46. The minimum absolute atomic E-state index is 0.174. The van der Waals surface area contributed by atoms with Crippen molar-refractivity contribution in [3.63, 3.8) is 0 Å². The van der Waals surface area contributed by atoms with Crippen molar-refractivity contribution in [3.8, 4) is 0 Å². The number of carbonyl (C=O) groups is 2. The van der Waals surface area contributed by atoms with E-state index in [0.29, 0.717) is 31.0 Å². The second kappa shape index (κ2) is 10.2. The summed E-state index contributed by atoms with van der Waals surface area (Å²) < 4.78 is 5.84. The Morgan fingerprint density at radius 2 is 1.55 bits per heavy atom. The summed E-state index contributed by atoms with van der Waals surface area (Å²) in [4.78, 5) is 23.7. The standard InChI is InChI=1S/C24H24N2O3/c1-18(27)26-23-13-7-12-20(14-23)24(28)25-15-21-10-5-6-11-22(21)17-29-16-19-8-3-2-4-9-19/h2-14H,15-17H2,1H3,(H,25,28)(H,26,27). The van der Waals surface area contributed by atoms with E-state index in [1.165, 1.54) is 6.92 Å². The lowest BCUT2D eigenvalue weighted by Crippen LogP contribution is -2.23. The molecule has 0 fully saturated rings. The summed E-state index contributed by atoms with van der Waals surface area (Å²) in [5.41, 5.74) is 4.26. The predicted octanol–water partition coefficient (Wildman–Crippen LogP) is 4.29. The molecule has 0 bridgehead atoms. The second-order valence-electron chi connectivity index (χ2n) is 6.69.